The highest BCUT2D eigenvalue weighted by Crippen LogP contribution is 2.27. The molecule has 1 aromatic rings. The maximum absolute atomic E-state index is 13.0. The monoisotopic (exact) mass is 363 g/mol. The number of ether oxygens (including phenoxy) is 1. The van der Waals surface area contributed by atoms with Gasteiger partial charge in [0, 0.05) is 29.3 Å². The highest BCUT2D eigenvalue weighted by Gasteiger charge is 2.35. The van der Waals surface area contributed by atoms with Gasteiger partial charge in [0.05, 0.1) is 18.8 Å². The van der Waals surface area contributed by atoms with E-state index >= 15 is 0 Å². The van der Waals surface area contributed by atoms with Gasteiger partial charge < -0.3 is 4.74 Å². The third kappa shape index (κ3) is 5.57. The van der Waals surface area contributed by atoms with Crippen LogP contribution < -0.4 is 0 Å². The molecule has 4 heteroatoms. The van der Waals surface area contributed by atoms with Gasteiger partial charge >= 0.3 is 0 Å². The van der Waals surface area contributed by atoms with E-state index in [0.29, 0.717) is 13.2 Å². The van der Waals surface area contributed by atoms with Crippen molar-refractivity contribution in [1.29, 1.82) is 0 Å². The van der Waals surface area contributed by atoms with Gasteiger partial charge in [0.25, 0.3) is 0 Å². The number of hydrogen-bond acceptors (Lipinski definition) is 4. The van der Waals surface area contributed by atoms with E-state index in [9.17, 15) is 4.79 Å². The predicted octanol–water partition coefficient (Wildman–Crippen LogP) is 4.90. The lowest BCUT2D eigenvalue weighted by Gasteiger charge is -2.39. The van der Waals surface area contributed by atoms with Crippen molar-refractivity contribution >= 4 is 17.5 Å². The Hall–Kier alpha value is -0.840. The van der Waals surface area contributed by atoms with Crippen LogP contribution in [0.2, 0.25) is 0 Å². The summed E-state index contributed by atoms with van der Waals surface area (Å²) >= 11 is 1.91. The van der Waals surface area contributed by atoms with Crippen molar-refractivity contribution in [2.75, 3.05) is 32.1 Å². The van der Waals surface area contributed by atoms with Gasteiger partial charge in [-0.2, -0.15) is 0 Å². The number of Topliss-reactive ketones (excluding diaryl/α,β-unsaturated/α-hetero) is 1. The van der Waals surface area contributed by atoms with Gasteiger partial charge in [0.1, 0.15) is 0 Å². The Morgan fingerprint density at radius 3 is 2.40 bits per heavy atom. The fourth-order valence-corrected chi connectivity index (χ4v) is 4.51. The van der Waals surface area contributed by atoms with Crippen LogP contribution in [0.3, 0.4) is 0 Å². The van der Waals surface area contributed by atoms with E-state index in [1.807, 2.05) is 37.7 Å². The van der Waals surface area contributed by atoms with Crippen LogP contribution in [0.25, 0.3) is 0 Å². The van der Waals surface area contributed by atoms with Gasteiger partial charge in [-0.25, -0.2) is 0 Å². The maximum Gasteiger partial charge on any atom is 0.182 e. The number of ketones is 1. The minimum Gasteiger partial charge on any atom is -0.379 e. The molecule has 1 fully saturated rings. The summed E-state index contributed by atoms with van der Waals surface area (Å²) in [6.45, 7) is 11.6. The van der Waals surface area contributed by atoms with Crippen molar-refractivity contribution < 1.29 is 9.53 Å². The number of morpholine rings is 1. The van der Waals surface area contributed by atoms with E-state index < -0.39 is 5.54 Å². The van der Waals surface area contributed by atoms with Crippen LogP contribution in [0.4, 0.5) is 0 Å². The molecule has 0 saturated carbocycles. The SMILES string of the molecule is CCCC(CC)CSc1ccc(C(=O)C(C)(C)N2CCOCC2)cc1. The summed E-state index contributed by atoms with van der Waals surface area (Å²) in [6.07, 6.45) is 3.79. The highest BCUT2D eigenvalue weighted by molar-refractivity contribution is 7.99. The second-order valence-electron chi connectivity index (χ2n) is 7.39. The molecule has 1 saturated heterocycles. The first-order chi connectivity index (χ1) is 12.0. The van der Waals surface area contributed by atoms with E-state index in [4.69, 9.17) is 4.74 Å². The Balaban J connectivity index is 1.97. The van der Waals surface area contributed by atoms with Gasteiger partial charge in [-0.05, 0) is 38.3 Å². The molecular formula is C21H33NO2S. The van der Waals surface area contributed by atoms with Crippen LogP contribution in [0.5, 0.6) is 0 Å². The molecule has 0 aromatic heterocycles. The van der Waals surface area contributed by atoms with Crippen molar-refractivity contribution in [3.8, 4) is 0 Å². The zero-order chi connectivity index (χ0) is 18.3. The summed E-state index contributed by atoms with van der Waals surface area (Å²) in [6, 6.07) is 8.19. The zero-order valence-electron chi connectivity index (χ0n) is 16.2. The molecule has 1 aromatic carbocycles. The molecule has 0 amide bonds. The first kappa shape index (κ1) is 20.5. The van der Waals surface area contributed by atoms with Crippen LogP contribution in [-0.2, 0) is 4.74 Å². The Morgan fingerprint density at radius 2 is 1.84 bits per heavy atom. The van der Waals surface area contributed by atoms with Gasteiger partial charge in [-0.3, -0.25) is 9.69 Å². The fraction of sp³-hybridized carbons (Fsp3) is 0.667. The third-order valence-corrected chi connectivity index (χ3v) is 6.48. The predicted molar refractivity (Wildman–Crippen MR) is 107 cm³/mol. The fourth-order valence-electron chi connectivity index (χ4n) is 3.35. The molecule has 2 rings (SSSR count). The lowest BCUT2D eigenvalue weighted by Crippen LogP contribution is -2.54. The third-order valence-electron chi connectivity index (χ3n) is 5.23. The topological polar surface area (TPSA) is 29.5 Å². The molecule has 1 aliphatic rings. The van der Waals surface area contributed by atoms with E-state index in [-0.39, 0.29) is 5.78 Å². The van der Waals surface area contributed by atoms with Crippen LogP contribution >= 0.6 is 11.8 Å². The molecule has 25 heavy (non-hydrogen) atoms. The average Bonchev–Trinajstić information content (AvgIpc) is 2.65. The maximum atomic E-state index is 13.0. The van der Waals surface area contributed by atoms with Gasteiger partial charge in [-0.15, -0.1) is 11.8 Å². The van der Waals surface area contributed by atoms with E-state index in [0.717, 1.165) is 30.3 Å². The van der Waals surface area contributed by atoms with Crippen LogP contribution in [-0.4, -0.2) is 48.3 Å². The molecule has 1 unspecified atom stereocenters. The number of hydrogen-bond donors (Lipinski definition) is 0. The largest absolute Gasteiger partial charge is 0.379 e. The number of nitrogens with zero attached hydrogens (tertiary/aromatic N) is 1. The number of carbonyl (C=O) groups is 1. The molecule has 0 spiro atoms. The van der Waals surface area contributed by atoms with Crippen LogP contribution in [0.15, 0.2) is 29.2 Å². The van der Waals surface area contributed by atoms with Crippen molar-refractivity contribution in [3.05, 3.63) is 29.8 Å². The quantitative estimate of drug-likeness (QED) is 0.461. The summed E-state index contributed by atoms with van der Waals surface area (Å²) in [4.78, 5) is 16.5. The molecule has 1 aliphatic heterocycles. The van der Waals surface area contributed by atoms with Crippen LogP contribution in [0.1, 0.15) is 57.3 Å². The molecule has 0 N–H and O–H groups in total. The summed E-state index contributed by atoms with van der Waals surface area (Å²) in [5.41, 5.74) is 0.328. The zero-order valence-corrected chi connectivity index (χ0v) is 17.0. The van der Waals surface area contributed by atoms with Crippen molar-refractivity contribution in [2.45, 2.75) is 57.4 Å². The van der Waals surface area contributed by atoms with E-state index in [1.165, 1.54) is 24.2 Å². The molecule has 3 nitrogen and oxygen atoms in total. The molecule has 1 heterocycles. The van der Waals surface area contributed by atoms with E-state index in [2.05, 4.69) is 30.9 Å². The van der Waals surface area contributed by atoms with Gasteiger partial charge in [0.2, 0.25) is 0 Å². The molecule has 1 atom stereocenters. The van der Waals surface area contributed by atoms with Gasteiger partial charge in [0.15, 0.2) is 5.78 Å². The summed E-state index contributed by atoms with van der Waals surface area (Å²) in [7, 11) is 0. The number of rotatable bonds is 9. The molecule has 0 aliphatic carbocycles. The van der Waals surface area contributed by atoms with Crippen molar-refractivity contribution in [3.63, 3.8) is 0 Å². The second-order valence-corrected chi connectivity index (χ2v) is 8.48. The lowest BCUT2D eigenvalue weighted by atomic mass is 9.91. The molecule has 0 radical (unpaired) electrons. The lowest BCUT2D eigenvalue weighted by molar-refractivity contribution is -0.00430. The number of carbonyl (C=O) groups excluding carboxylic acids is 1. The van der Waals surface area contributed by atoms with E-state index in [1.54, 1.807) is 0 Å². The Bertz CT molecular complexity index is 535. The first-order valence-corrected chi connectivity index (χ1v) is 10.6. The Labute approximate surface area is 157 Å². The summed E-state index contributed by atoms with van der Waals surface area (Å²) < 4.78 is 5.41. The Morgan fingerprint density at radius 1 is 1.20 bits per heavy atom. The number of benzene rings is 1. The highest BCUT2D eigenvalue weighted by atomic mass is 32.2. The molecular weight excluding hydrogens is 330 g/mol. The Kier molecular flexibility index (Phi) is 7.98. The van der Waals surface area contributed by atoms with Crippen LogP contribution in [0, 0.1) is 5.92 Å². The smallest absolute Gasteiger partial charge is 0.182 e. The first-order valence-electron chi connectivity index (χ1n) is 9.59. The minimum atomic E-state index is -0.479. The van der Waals surface area contributed by atoms with Crippen molar-refractivity contribution in [2.24, 2.45) is 5.92 Å². The molecule has 0 bridgehead atoms. The average molecular weight is 364 g/mol. The summed E-state index contributed by atoms with van der Waals surface area (Å²) in [5, 5.41) is 0. The number of thioether (sulfide) groups is 1. The molecule has 140 valence electrons. The van der Waals surface area contributed by atoms with Gasteiger partial charge in [-0.1, -0.05) is 38.8 Å². The minimum absolute atomic E-state index is 0.198. The summed E-state index contributed by atoms with van der Waals surface area (Å²) in [5.74, 6) is 2.15. The second kappa shape index (κ2) is 9.75. The van der Waals surface area contributed by atoms with Crippen molar-refractivity contribution in [1.82, 2.24) is 4.90 Å². The standard InChI is InChI=1S/C21H33NO2S/c1-5-7-17(6-2)16-25-19-10-8-18(9-11-19)20(23)21(3,4)22-12-14-24-15-13-22/h8-11,17H,5-7,12-16H2,1-4H3. The normalized spacial score (nSPS) is 17.4.